The Bertz CT molecular complexity index is 131. The van der Waals surface area contributed by atoms with Gasteiger partial charge in [0.1, 0.15) is 12.1 Å². The molecule has 1 aliphatic heterocycles. The highest BCUT2D eigenvalue weighted by molar-refractivity contribution is 4.96. The van der Waals surface area contributed by atoms with E-state index in [1.165, 1.54) is 0 Å². The standard InChI is InChI=1S/C6H12N2O/c1-7(2)6-4-9-5-8(6)3/h4H,5H2,1-3H3. The van der Waals surface area contributed by atoms with Crippen molar-refractivity contribution >= 4 is 0 Å². The van der Waals surface area contributed by atoms with Crippen LogP contribution >= 0.6 is 0 Å². The van der Waals surface area contributed by atoms with Crippen LogP contribution in [0.15, 0.2) is 12.1 Å². The van der Waals surface area contributed by atoms with Crippen LogP contribution in [-0.4, -0.2) is 37.7 Å². The van der Waals surface area contributed by atoms with Crippen molar-refractivity contribution in [2.24, 2.45) is 0 Å². The zero-order valence-corrected chi connectivity index (χ0v) is 6.09. The molecule has 1 rings (SSSR count). The Morgan fingerprint density at radius 1 is 1.67 bits per heavy atom. The number of hydrogen-bond donors (Lipinski definition) is 0. The molecule has 52 valence electrons. The van der Waals surface area contributed by atoms with Crippen LogP contribution in [0.2, 0.25) is 0 Å². The fourth-order valence-corrected chi connectivity index (χ4v) is 0.827. The number of hydrogen-bond acceptors (Lipinski definition) is 3. The second kappa shape index (κ2) is 2.17. The Balaban J connectivity index is 2.57. The van der Waals surface area contributed by atoms with Crippen LogP contribution in [0.1, 0.15) is 0 Å². The monoisotopic (exact) mass is 128 g/mol. The molecular weight excluding hydrogens is 116 g/mol. The zero-order chi connectivity index (χ0) is 6.85. The maximum atomic E-state index is 5.05. The van der Waals surface area contributed by atoms with E-state index in [1.54, 1.807) is 6.26 Å². The average molecular weight is 128 g/mol. The molecule has 3 nitrogen and oxygen atoms in total. The summed E-state index contributed by atoms with van der Waals surface area (Å²) >= 11 is 0. The molecule has 0 aromatic rings. The van der Waals surface area contributed by atoms with Gasteiger partial charge in [-0.15, -0.1) is 0 Å². The molecule has 0 N–H and O–H groups in total. The lowest BCUT2D eigenvalue weighted by molar-refractivity contribution is 0.175. The predicted octanol–water partition coefficient (Wildman–Crippen LogP) is 0.266. The van der Waals surface area contributed by atoms with Gasteiger partial charge < -0.3 is 14.5 Å². The summed E-state index contributed by atoms with van der Waals surface area (Å²) in [5.74, 6) is 1.12. The molecular formula is C6H12N2O. The fourth-order valence-electron chi connectivity index (χ4n) is 0.827. The molecule has 0 saturated heterocycles. The van der Waals surface area contributed by atoms with Gasteiger partial charge in [0.2, 0.25) is 0 Å². The highest BCUT2D eigenvalue weighted by Crippen LogP contribution is 2.10. The van der Waals surface area contributed by atoms with Crippen molar-refractivity contribution in [1.82, 2.24) is 9.80 Å². The van der Waals surface area contributed by atoms with Crippen LogP contribution < -0.4 is 0 Å². The Morgan fingerprint density at radius 2 is 2.33 bits per heavy atom. The first kappa shape index (κ1) is 6.26. The maximum Gasteiger partial charge on any atom is 0.161 e. The first-order valence-corrected chi connectivity index (χ1v) is 2.92. The SMILES string of the molecule is CN(C)C1=COCN1C. The predicted molar refractivity (Wildman–Crippen MR) is 35.5 cm³/mol. The third-order valence-corrected chi connectivity index (χ3v) is 1.31. The lowest BCUT2D eigenvalue weighted by Crippen LogP contribution is -2.24. The summed E-state index contributed by atoms with van der Waals surface area (Å²) in [5.41, 5.74) is 0. The Labute approximate surface area is 55.5 Å². The van der Waals surface area contributed by atoms with Crippen molar-refractivity contribution < 1.29 is 4.74 Å². The van der Waals surface area contributed by atoms with Gasteiger partial charge >= 0.3 is 0 Å². The van der Waals surface area contributed by atoms with E-state index in [0.29, 0.717) is 6.73 Å². The normalized spacial score (nSPS) is 17.2. The first-order chi connectivity index (χ1) is 4.22. The molecule has 0 saturated carbocycles. The van der Waals surface area contributed by atoms with Crippen LogP contribution in [0.25, 0.3) is 0 Å². The van der Waals surface area contributed by atoms with Crippen LogP contribution in [-0.2, 0) is 4.74 Å². The summed E-state index contributed by atoms with van der Waals surface area (Å²) in [6, 6.07) is 0. The van der Waals surface area contributed by atoms with Gasteiger partial charge in [-0.3, -0.25) is 0 Å². The van der Waals surface area contributed by atoms with Gasteiger partial charge in [0.25, 0.3) is 0 Å². The molecule has 0 aliphatic carbocycles. The van der Waals surface area contributed by atoms with Crippen LogP contribution in [0.4, 0.5) is 0 Å². The molecule has 0 radical (unpaired) electrons. The van der Waals surface area contributed by atoms with E-state index in [0.717, 1.165) is 5.82 Å². The Kier molecular flexibility index (Phi) is 1.51. The molecule has 0 atom stereocenters. The number of ether oxygens (including phenoxy) is 1. The highest BCUT2D eigenvalue weighted by atomic mass is 16.5. The average Bonchev–Trinajstić information content (AvgIpc) is 2.13. The quantitative estimate of drug-likeness (QED) is 0.504. The molecule has 0 unspecified atom stereocenters. The molecule has 0 spiro atoms. The molecule has 1 heterocycles. The van der Waals surface area contributed by atoms with E-state index in [-0.39, 0.29) is 0 Å². The van der Waals surface area contributed by atoms with Crippen molar-refractivity contribution in [3.05, 3.63) is 12.1 Å². The third kappa shape index (κ3) is 1.09. The second-order valence-corrected chi connectivity index (χ2v) is 2.36. The van der Waals surface area contributed by atoms with Gasteiger partial charge in [-0.25, -0.2) is 0 Å². The minimum atomic E-state index is 0.674. The number of rotatable bonds is 1. The van der Waals surface area contributed by atoms with Gasteiger partial charge in [0.15, 0.2) is 6.73 Å². The third-order valence-electron chi connectivity index (χ3n) is 1.31. The van der Waals surface area contributed by atoms with Crippen molar-refractivity contribution in [2.75, 3.05) is 27.9 Å². The van der Waals surface area contributed by atoms with Crippen LogP contribution in [0.3, 0.4) is 0 Å². The molecule has 1 aliphatic rings. The van der Waals surface area contributed by atoms with E-state index >= 15 is 0 Å². The van der Waals surface area contributed by atoms with Crippen molar-refractivity contribution in [2.45, 2.75) is 0 Å². The number of nitrogens with zero attached hydrogens (tertiary/aromatic N) is 2. The van der Waals surface area contributed by atoms with Crippen LogP contribution in [0, 0.1) is 0 Å². The molecule has 3 heteroatoms. The van der Waals surface area contributed by atoms with Crippen LogP contribution in [0.5, 0.6) is 0 Å². The van der Waals surface area contributed by atoms with Gasteiger partial charge in [-0.2, -0.15) is 0 Å². The van der Waals surface area contributed by atoms with E-state index in [4.69, 9.17) is 4.74 Å². The van der Waals surface area contributed by atoms with Gasteiger partial charge in [0, 0.05) is 21.1 Å². The summed E-state index contributed by atoms with van der Waals surface area (Å²) in [6.45, 7) is 0.674. The lowest BCUT2D eigenvalue weighted by Gasteiger charge is -2.19. The minimum Gasteiger partial charge on any atom is -0.477 e. The summed E-state index contributed by atoms with van der Waals surface area (Å²) in [7, 11) is 5.99. The maximum absolute atomic E-state index is 5.05. The van der Waals surface area contributed by atoms with Crippen molar-refractivity contribution in [3.63, 3.8) is 0 Å². The summed E-state index contributed by atoms with van der Waals surface area (Å²) in [5, 5.41) is 0. The molecule has 0 bridgehead atoms. The fraction of sp³-hybridized carbons (Fsp3) is 0.667. The summed E-state index contributed by atoms with van der Waals surface area (Å²) < 4.78 is 5.05. The second-order valence-electron chi connectivity index (χ2n) is 2.36. The first-order valence-electron chi connectivity index (χ1n) is 2.92. The topological polar surface area (TPSA) is 15.7 Å². The largest absolute Gasteiger partial charge is 0.477 e. The van der Waals surface area contributed by atoms with Crippen molar-refractivity contribution in [1.29, 1.82) is 0 Å². The summed E-state index contributed by atoms with van der Waals surface area (Å²) in [6.07, 6.45) is 1.76. The molecule has 0 amide bonds. The minimum absolute atomic E-state index is 0.674. The highest BCUT2D eigenvalue weighted by Gasteiger charge is 2.11. The van der Waals surface area contributed by atoms with E-state index in [1.807, 2.05) is 30.9 Å². The van der Waals surface area contributed by atoms with E-state index < -0.39 is 0 Å². The zero-order valence-electron chi connectivity index (χ0n) is 6.09. The summed E-state index contributed by atoms with van der Waals surface area (Å²) in [4.78, 5) is 4.06. The molecule has 0 aromatic carbocycles. The van der Waals surface area contributed by atoms with E-state index in [9.17, 15) is 0 Å². The van der Waals surface area contributed by atoms with E-state index in [2.05, 4.69) is 0 Å². The Hall–Kier alpha value is -0.860. The van der Waals surface area contributed by atoms with Gasteiger partial charge in [-0.1, -0.05) is 0 Å². The molecule has 0 aromatic heterocycles. The smallest absolute Gasteiger partial charge is 0.161 e. The lowest BCUT2D eigenvalue weighted by atomic mass is 10.6. The molecule has 9 heavy (non-hydrogen) atoms. The Morgan fingerprint density at radius 3 is 2.56 bits per heavy atom. The van der Waals surface area contributed by atoms with Gasteiger partial charge in [0.05, 0.1) is 0 Å². The van der Waals surface area contributed by atoms with Crippen molar-refractivity contribution in [3.8, 4) is 0 Å². The van der Waals surface area contributed by atoms with Gasteiger partial charge in [-0.05, 0) is 0 Å². The molecule has 0 fully saturated rings.